The van der Waals surface area contributed by atoms with Crippen LogP contribution in [-0.4, -0.2) is 30.1 Å². The monoisotopic (exact) mass is 246 g/mol. The molecule has 2 atom stereocenters. The lowest BCUT2D eigenvalue weighted by Gasteiger charge is -2.32. The molecule has 0 aliphatic carbocycles. The Morgan fingerprint density at radius 2 is 1.83 bits per heavy atom. The molecule has 98 valence electrons. The van der Waals surface area contributed by atoms with Crippen molar-refractivity contribution in [2.75, 3.05) is 7.05 Å². The lowest BCUT2D eigenvalue weighted by atomic mass is 9.92. The van der Waals surface area contributed by atoms with Crippen LogP contribution in [0.4, 0.5) is 0 Å². The van der Waals surface area contributed by atoms with Gasteiger partial charge in [-0.05, 0) is 17.4 Å². The van der Waals surface area contributed by atoms with E-state index in [4.69, 9.17) is 0 Å². The molecule has 1 aromatic rings. The number of carbonyl (C=O) groups is 1. The molecule has 0 aromatic heterocycles. The highest BCUT2D eigenvalue weighted by atomic mass is 16.2. The van der Waals surface area contributed by atoms with E-state index in [1.165, 1.54) is 5.56 Å². The number of carbonyl (C=O) groups excluding carboxylic acids is 1. The molecule has 1 fully saturated rings. The summed E-state index contributed by atoms with van der Waals surface area (Å²) in [6, 6.07) is 10.1. The van der Waals surface area contributed by atoms with E-state index >= 15 is 0 Å². The van der Waals surface area contributed by atoms with Crippen molar-refractivity contribution in [2.24, 2.45) is 5.41 Å². The Labute approximate surface area is 109 Å². The van der Waals surface area contributed by atoms with Crippen LogP contribution in [0.1, 0.15) is 26.3 Å². The summed E-state index contributed by atoms with van der Waals surface area (Å²) >= 11 is 0. The summed E-state index contributed by atoms with van der Waals surface area (Å²) in [5, 5.41) is 3.46. The van der Waals surface area contributed by atoms with Crippen LogP contribution in [0.3, 0.4) is 0 Å². The van der Waals surface area contributed by atoms with Crippen LogP contribution in [0.2, 0.25) is 0 Å². The van der Waals surface area contributed by atoms with Crippen molar-refractivity contribution in [1.29, 1.82) is 0 Å². The lowest BCUT2D eigenvalue weighted by molar-refractivity contribution is -0.129. The zero-order valence-corrected chi connectivity index (χ0v) is 11.6. The average molecular weight is 246 g/mol. The van der Waals surface area contributed by atoms with Crippen LogP contribution < -0.4 is 5.32 Å². The molecule has 3 heteroatoms. The first-order chi connectivity index (χ1) is 8.39. The van der Waals surface area contributed by atoms with Gasteiger partial charge in [0.1, 0.15) is 0 Å². The third-order valence-electron chi connectivity index (χ3n) is 3.50. The molecule has 1 aliphatic heterocycles. The second kappa shape index (κ2) is 4.73. The van der Waals surface area contributed by atoms with Crippen LogP contribution in [0.5, 0.6) is 0 Å². The standard InChI is InChI=1S/C15H22N2O/c1-15(2,3)14-16-12(13(18)17(14)4)10-11-8-6-5-7-9-11/h5-9,12,14,16H,10H2,1-4H3/t12-,14+/m0/s1. The van der Waals surface area contributed by atoms with Gasteiger partial charge in [0.25, 0.3) is 0 Å². The van der Waals surface area contributed by atoms with Crippen molar-refractivity contribution in [3.05, 3.63) is 35.9 Å². The molecule has 0 unspecified atom stereocenters. The van der Waals surface area contributed by atoms with Gasteiger partial charge < -0.3 is 4.90 Å². The molecule has 1 heterocycles. The molecular weight excluding hydrogens is 224 g/mol. The SMILES string of the molecule is CN1C(=O)[C@H](Cc2ccccc2)N[C@H]1C(C)(C)C. The van der Waals surface area contributed by atoms with E-state index < -0.39 is 0 Å². The van der Waals surface area contributed by atoms with Crippen LogP contribution in [0.15, 0.2) is 30.3 Å². The van der Waals surface area contributed by atoms with Gasteiger partial charge in [-0.3, -0.25) is 10.1 Å². The summed E-state index contributed by atoms with van der Waals surface area (Å²) in [5.74, 6) is 0.193. The van der Waals surface area contributed by atoms with Crippen LogP contribution in [0, 0.1) is 5.41 Å². The molecule has 3 nitrogen and oxygen atoms in total. The maximum Gasteiger partial charge on any atom is 0.241 e. The Balaban J connectivity index is 2.10. The number of hydrogen-bond donors (Lipinski definition) is 1. The zero-order chi connectivity index (χ0) is 13.3. The normalized spacial score (nSPS) is 24.7. The summed E-state index contributed by atoms with van der Waals surface area (Å²) in [4.78, 5) is 14.1. The van der Waals surface area contributed by atoms with E-state index in [1.807, 2.05) is 30.1 Å². The van der Waals surface area contributed by atoms with E-state index in [0.717, 1.165) is 6.42 Å². The fourth-order valence-electron chi connectivity index (χ4n) is 2.57. The largest absolute Gasteiger partial charge is 0.328 e. The molecule has 0 bridgehead atoms. The topological polar surface area (TPSA) is 32.3 Å². The predicted molar refractivity (Wildman–Crippen MR) is 73.1 cm³/mol. The zero-order valence-electron chi connectivity index (χ0n) is 11.6. The van der Waals surface area contributed by atoms with Gasteiger partial charge in [-0.25, -0.2) is 0 Å². The Hall–Kier alpha value is -1.35. The molecule has 0 saturated carbocycles. The van der Waals surface area contributed by atoms with Crippen molar-refractivity contribution in [3.63, 3.8) is 0 Å². The first-order valence-corrected chi connectivity index (χ1v) is 6.46. The molecular formula is C15H22N2O. The van der Waals surface area contributed by atoms with Gasteiger partial charge in [-0.2, -0.15) is 0 Å². The van der Waals surface area contributed by atoms with Crippen molar-refractivity contribution in [2.45, 2.75) is 39.4 Å². The molecule has 2 rings (SSSR count). The van der Waals surface area contributed by atoms with Crippen molar-refractivity contribution >= 4 is 5.91 Å². The minimum atomic E-state index is -0.0957. The molecule has 18 heavy (non-hydrogen) atoms. The maximum absolute atomic E-state index is 12.2. The van der Waals surface area contributed by atoms with Crippen molar-refractivity contribution in [3.8, 4) is 0 Å². The highest BCUT2D eigenvalue weighted by Gasteiger charge is 2.41. The molecule has 1 saturated heterocycles. The number of likely N-dealkylation sites (N-methyl/N-ethyl adjacent to an activating group) is 1. The van der Waals surface area contributed by atoms with Gasteiger partial charge in [0, 0.05) is 7.05 Å². The Morgan fingerprint density at radius 1 is 1.22 bits per heavy atom. The third kappa shape index (κ3) is 2.56. The molecule has 0 spiro atoms. The molecule has 0 radical (unpaired) electrons. The number of rotatable bonds is 2. The summed E-state index contributed by atoms with van der Waals surface area (Å²) in [6.07, 6.45) is 0.870. The van der Waals surface area contributed by atoms with E-state index in [9.17, 15) is 4.79 Å². The van der Waals surface area contributed by atoms with Crippen LogP contribution >= 0.6 is 0 Å². The summed E-state index contributed by atoms with van der Waals surface area (Å²) in [5.41, 5.74) is 1.25. The Bertz CT molecular complexity index is 422. The Kier molecular flexibility index (Phi) is 3.44. The van der Waals surface area contributed by atoms with Crippen molar-refractivity contribution < 1.29 is 4.79 Å². The molecule has 1 amide bonds. The number of hydrogen-bond acceptors (Lipinski definition) is 2. The molecule has 1 aliphatic rings. The molecule has 1 N–H and O–H groups in total. The number of nitrogens with one attached hydrogen (secondary N) is 1. The quantitative estimate of drug-likeness (QED) is 0.866. The number of nitrogens with zero attached hydrogens (tertiary/aromatic N) is 1. The summed E-state index contributed by atoms with van der Waals surface area (Å²) in [6.45, 7) is 6.46. The average Bonchev–Trinajstić information content (AvgIpc) is 2.58. The van der Waals surface area contributed by atoms with Crippen LogP contribution in [-0.2, 0) is 11.2 Å². The second-order valence-electron chi connectivity index (χ2n) is 6.13. The van der Waals surface area contributed by atoms with Gasteiger partial charge in [0.15, 0.2) is 0 Å². The van der Waals surface area contributed by atoms with Gasteiger partial charge >= 0.3 is 0 Å². The first kappa shape index (κ1) is 13.1. The Morgan fingerprint density at radius 3 is 2.33 bits per heavy atom. The van der Waals surface area contributed by atoms with Crippen LogP contribution in [0.25, 0.3) is 0 Å². The van der Waals surface area contributed by atoms with Gasteiger partial charge in [-0.1, -0.05) is 51.1 Å². The van der Waals surface area contributed by atoms with E-state index in [-0.39, 0.29) is 23.5 Å². The number of amides is 1. The minimum absolute atomic E-state index is 0.0514. The van der Waals surface area contributed by atoms with Gasteiger partial charge in [0.2, 0.25) is 5.91 Å². The maximum atomic E-state index is 12.2. The van der Waals surface area contributed by atoms with Gasteiger partial charge in [-0.15, -0.1) is 0 Å². The predicted octanol–water partition coefficient (Wildman–Crippen LogP) is 2.03. The van der Waals surface area contributed by atoms with Gasteiger partial charge in [0.05, 0.1) is 12.2 Å². The highest BCUT2D eigenvalue weighted by molar-refractivity contribution is 5.84. The summed E-state index contributed by atoms with van der Waals surface area (Å²) in [7, 11) is 1.89. The fraction of sp³-hybridized carbons (Fsp3) is 0.533. The van der Waals surface area contributed by atoms with E-state index in [0.29, 0.717) is 0 Å². The lowest BCUT2D eigenvalue weighted by Crippen LogP contribution is -2.45. The second-order valence-corrected chi connectivity index (χ2v) is 6.13. The highest BCUT2D eigenvalue weighted by Crippen LogP contribution is 2.27. The number of benzene rings is 1. The van der Waals surface area contributed by atoms with Crippen molar-refractivity contribution in [1.82, 2.24) is 10.2 Å². The van der Waals surface area contributed by atoms with E-state index in [2.05, 4.69) is 38.2 Å². The smallest absolute Gasteiger partial charge is 0.241 e. The fourth-order valence-corrected chi connectivity index (χ4v) is 2.57. The molecule has 1 aromatic carbocycles. The first-order valence-electron chi connectivity index (χ1n) is 6.46. The third-order valence-corrected chi connectivity index (χ3v) is 3.50. The minimum Gasteiger partial charge on any atom is -0.328 e. The summed E-state index contributed by atoms with van der Waals surface area (Å²) < 4.78 is 0. The van der Waals surface area contributed by atoms with E-state index in [1.54, 1.807) is 0 Å².